The number of carbonyl (C=O) groups excluding carboxylic acids is 1. The van der Waals surface area contributed by atoms with Crippen LogP contribution in [0.5, 0.6) is 5.75 Å². The van der Waals surface area contributed by atoms with E-state index in [2.05, 4.69) is 10.3 Å². The molecule has 1 heterocycles. The van der Waals surface area contributed by atoms with E-state index in [9.17, 15) is 13.2 Å². The number of carbonyl (C=O) groups is 1. The first-order chi connectivity index (χ1) is 14.5. The molecule has 0 atom stereocenters. The zero-order valence-electron chi connectivity index (χ0n) is 16.6. The van der Waals surface area contributed by atoms with E-state index in [4.69, 9.17) is 39.5 Å². The number of hydrogen-bond acceptors (Lipinski definition) is 6. The minimum absolute atomic E-state index is 0.0678. The van der Waals surface area contributed by atoms with Gasteiger partial charge in [-0.25, -0.2) is 17.8 Å². The third kappa shape index (κ3) is 4.79. The Hall–Kier alpha value is -2.33. The van der Waals surface area contributed by atoms with E-state index in [-0.39, 0.29) is 27.3 Å². The predicted octanol–water partition coefficient (Wildman–Crippen LogP) is 4.48. The number of nitrogens with zero attached hydrogens (tertiary/aromatic N) is 3. The molecule has 0 saturated carbocycles. The molecule has 0 aliphatic carbocycles. The predicted molar refractivity (Wildman–Crippen MR) is 118 cm³/mol. The van der Waals surface area contributed by atoms with E-state index in [1.54, 1.807) is 12.1 Å². The summed E-state index contributed by atoms with van der Waals surface area (Å²) in [5.41, 5.74) is 0.650. The molecule has 1 amide bonds. The summed E-state index contributed by atoms with van der Waals surface area (Å²) in [6.45, 7) is 3.62. The minimum Gasteiger partial charge on any atom is -0.497 e. The zero-order chi connectivity index (χ0) is 22.9. The normalized spacial score (nSPS) is 11.6. The Bertz CT molecular complexity index is 1260. The van der Waals surface area contributed by atoms with Crippen molar-refractivity contribution in [3.63, 3.8) is 0 Å². The van der Waals surface area contributed by atoms with Gasteiger partial charge in [-0.3, -0.25) is 4.79 Å². The minimum atomic E-state index is -4.31. The third-order valence-electron chi connectivity index (χ3n) is 4.26. The summed E-state index contributed by atoms with van der Waals surface area (Å²) in [5.74, 6) is -0.937. The first kappa shape index (κ1) is 23.3. The quantitative estimate of drug-likeness (QED) is 0.532. The zero-order valence-corrected chi connectivity index (χ0v) is 19.6. The van der Waals surface area contributed by atoms with Crippen LogP contribution in [0.2, 0.25) is 15.1 Å². The standard InChI is InChI=1S/C19H17Cl3N4O4S/c1-10(2)18-17(23-25-26(18)15-7-4-11(20)8-14(15)22)19(27)24-31(28,29)16-9-12(30-3)5-6-13(16)21/h4-10H,1-3H3,(H,24,27). The topological polar surface area (TPSA) is 103 Å². The summed E-state index contributed by atoms with van der Waals surface area (Å²) in [5, 5.41) is 8.56. The number of halogens is 3. The maximum absolute atomic E-state index is 12.9. The van der Waals surface area contributed by atoms with Crippen molar-refractivity contribution in [3.8, 4) is 11.4 Å². The molecule has 12 heteroatoms. The lowest BCUT2D eigenvalue weighted by Gasteiger charge is -2.13. The van der Waals surface area contributed by atoms with Crippen LogP contribution < -0.4 is 9.46 Å². The van der Waals surface area contributed by atoms with Crippen molar-refractivity contribution in [1.29, 1.82) is 0 Å². The Morgan fingerprint density at radius 3 is 2.42 bits per heavy atom. The summed E-state index contributed by atoms with van der Waals surface area (Å²) < 4.78 is 34.0. The van der Waals surface area contributed by atoms with Gasteiger partial charge in [-0.15, -0.1) is 5.10 Å². The number of nitrogens with one attached hydrogen (secondary N) is 1. The first-order valence-electron chi connectivity index (χ1n) is 8.87. The summed E-state index contributed by atoms with van der Waals surface area (Å²) >= 11 is 18.2. The molecular weight excluding hydrogens is 487 g/mol. The fraction of sp³-hybridized carbons (Fsp3) is 0.211. The van der Waals surface area contributed by atoms with E-state index < -0.39 is 15.9 Å². The molecule has 0 bridgehead atoms. The lowest BCUT2D eigenvalue weighted by Crippen LogP contribution is -2.32. The van der Waals surface area contributed by atoms with E-state index >= 15 is 0 Å². The Labute approximate surface area is 194 Å². The van der Waals surface area contributed by atoms with E-state index in [0.29, 0.717) is 21.4 Å². The van der Waals surface area contributed by atoms with Gasteiger partial charge in [0.15, 0.2) is 5.69 Å². The van der Waals surface area contributed by atoms with Gasteiger partial charge in [0.25, 0.3) is 15.9 Å². The van der Waals surface area contributed by atoms with Crippen LogP contribution in [-0.2, 0) is 10.0 Å². The second-order valence-corrected chi connectivity index (χ2v) is 9.62. The van der Waals surface area contributed by atoms with Crippen LogP contribution in [0, 0.1) is 0 Å². The molecule has 31 heavy (non-hydrogen) atoms. The average molecular weight is 504 g/mol. The van der Waals surface area contributed by atoms with Crippen LogP contribution in [-0.4, -0.2) is 36.4 Å². The summed E-state index contributed by atoms with van der Waals surface area (Å²) in [6, 6.07) is 8.84. The average Bonchev–Trinajstić information content (AvgIpc) is 3.13. The smallest absolute Gasteiger partial charge is 0.287 e. The molecule has 1 aromatic heterocycles. The highest BCUT2D eigenvalue weighted by atomic mass is 35.5. The highest BCUT2D eigenvalue weighted by Crippen LogP contribution is 2.29. The van der Waals surface area contributed by atoms with Crippen molar-refractivity contribution in [2.45, 2.75) is 24.7 Å². The van der Waals surface area contributed by atoms with Crippen molar-refractivity contribution in [2.75, 3.05) is 7.11 Å². The Kier molecular flexibility index (Phi) is 6.80. The van der Waals surface area contributed by atoms with Gasteiger partial charge < -0.3 is 4.74 Å². The van der Waals surface area contributed by atoms with Gasteiger partial charge in [0.2, 0.25) is 0 Å². The van der Waals surface area contributed by atoms with Crippen LogP contribution in [0.25, 0.3) is 5.69 Å². The molecule has 2 aromatic carbocycles. The maximum atomic E-state index is 12.9. The second-order valence-electron chi connectivity index (χ2n) is 6.72. The van der Waals surface area contributed by atoms with Crippen molar-refractivity contribution in [2.24, 2.45) is 0 Å². The molecule has 8 nitrogen and oxygen atoms in total. The number of amides is 1. The van der Waals surface area contributed by atoms with Gasteiger partial charge in [-0.2, -0.15) is 0 Å². The summed E-state index contributed by atoms with van der Waals surface area (Å²) in [7, 11) is -2.93. The van der Waals surface area contributed by atoms with Crippen molar-refractivity contribution in [3.05, 3.63) is 62.9 Å². The number of aromatic nitrogens is 3. The molecule has 0 fully saturated rings. The third-order valence-corrected chi connectivity index (χ3v) is 6.61. The molecular formula is C19H17Cl3N4O4S. The number of ether oxygens (including phenoxy) is 1. The lowest BCUT2D eigenvalue weighted by atomic mass is 10.1. The fourth-order valence-electron chi connectivity index (χ4n) is 2.84. The Morgan fingerprint density at radius 2 is 1.81 bits per heavy atom. The maximum Gasteiger partial charge on any atom is 0.287 e. The van der Waals surface area contributed by atoms with Crippen LogP contribution in [0.1, 0.15) is 35.9 Å². The van der Waals surface area contributed by atoms with Gasteiger partial charge in [0.1, 0.15) is 10.6 Å². The molecule has 0 unspecified atom stereocenters. The first-order valence-corrected chi connectivity index (χ1v) is 11.5. The van der Waals surface area contributed by atoms with Gasteiger partial charge in [-0.05, 0) is 36.2 Å². The van der Waals surface area contributed by atoms with E-state index in [1.165, 1.54) is 36.1 Å². The van der Waals surface area contributed by atoms with Crippen LogP contribution in [0.4, 0.5) is 0 Å². The van der Waals surface area contributed by atoms with Gasteiger partial charge in [0.05, 0.1) is 28.5 Å². The molecule has 0 aliphatic rings. The molecule has 0 aliphatic heterocycles. The number of hydrogen-bond donors (Lipinski definition) is 1. The van der Waals surface area contributed by atoms with Crippen molar-refractivity contribution >= 4 is 50.7 Å². The number of rotatable bonds is 6. The van der Waals surface area contributed by atoms with Gasteiger partial charge >= 0.3 is 0 Å². The molecule has 0 saturated heterocycles. The monoisotopic (exact) mass is 502 g/mol. The largest absolute Gasteiger partial charge is 0.497 e. The Morgan fingerprint density at radius 1 is 1.10 bits per heavy atom. The highest BCUT2D eigenvalue weighted by molar-refractivity contribution is 7.90. The van der Waals surface area contributed by atoms with E-state index in [0.717, 1.165) is 0 Å². The highest BCUT2D eigenvalue weighted by Gasteiger charge is 2.28. The summed E-state index contributed by atoms with van der Waals surface area (Å²) in [6.07, 6.45) is 0. The molecule has 0 radical (unpaired) electrons. The van der Waals surface area contributed by atoms with Crippen LogP contribution >= 0.6 is 34.8 Å². The molecule has 1 N–H and O–H groups in total. The fourth-order valence-corrected chi connectivity index (χ4v) is 4.80. The number of methoxy groups -OCH3 is 1. The van der Waals surface area contributed by atoms with Crippen molar-refractivity contribution < 1.29 is 17.9 Å². The second kappa shape index (κ2) is 9.04. The van der Waals surface area contributed by atoms with Gasteiger partial charge in [0, 0.05) is 11.1 Å². The number of sulfonamides is 1. The van der Waals surface area contributed by atoms with Gasteiger partial charge in [-0.1, -0.05) is 53.9 Å². The lowest BCUT2D eigenvalue weighted by molar-refractivity contribution is 0.0975. The summed E-state index contributed by atoms with van der Waals surface area (Å²) in [4.78, 5) is 12.6. The van der Waals surface area contributed by atoms with Crippen LogP contribution in [0.3, 0.4) is 0 Å². The van der Waals surface area contributed by atoms with Crippen LogP contribution in [0.15, 0.2) is 41.3 Å². The van der Waals surface area contributed by atoms with E-state index in [1.807, 2.05) is 18.6 Å². The number of benzene rings is 2. The molecule has 164 valence electrons. The van der Waals surface area contributed by atoms with Crippen molar-refractivity contribution in [1.82, 2.24) is 19.7 Å². The molecule has 0 spiro atoms. The Balaban J connectivity index is 2.02. The molecule has 3 aromatic rings. The SMILES string of the molecule is COc1ccc(Cl)c(S(=O)(=O)NC(=O)c2nnn(-c3ccc(Cl)cc3Cl)c2C(C)C)c1. The molecule has 3 rings (SSSR count).